The predicted octanol–water partition coefficient (Wildman–Crippen LogP) is 2.68. The first-order chi connectivity index (χ1) is 11.1. The summed E-state index contributed by atoms with van der Waals surface area (Å²) in [5.41, 5.74) is 0.975. The smallest absolute Gasteiger partial charge is 0.341 e. The van der Waals surface area contributed by atoms with E-state index in [-0.39, 0.29) is 16.7 Å². The van der Waals surface area contributed by atoms with E-state index in [9.17, 15) is 14.7 Å². The zero-order chi connectivity index (χ0) is 18.1. The lowest BCUT2D eigenvalue weighted by Crippen LogP contribution is -2.28. The molecule has 24 heavy (non-hydrogen) atoms. The molecule has 0 N–H and O–H groups in total. The van der Waals surface area contributed by atoms with Gasteiger partial charge in [-0.05, 0) is 40.2 Å². The van der Waals surface area contributed by atoms with Crippen molar-refractivity contribution >= 4 is 11.9 Å². The number of carbonyl (C=O) groups excluding carboxylic acids is 2. The number of aryl methyl sites for hydroxylation is 2. The highest BCUT2D eigenvalue weighted by molar-refractivity contribution is 6.06. The zero-order valence-corrected chi connectivity index (χ0v) is 14.5. The van der Waals surface area contributed by atoms with Gasteiger partial charge in [-0.3, -0.25) is 4.98 Å². The van der Waals surface area contributed by atoms with E-state index >= 15 is 0 Å². The lowest BCUT2D eigenvalue weighted by molar-refractivity contribution is -0.255. The maximum absolute atomic E-state index is 12.7. The summed E-state index contributed by atoms with van der Waals surface area (Å²) in [5.74, 6) is -1.97. The van der Waals surface area contributed by atoms with Crippen LogP contribution < -0.4 is 5.11 Å². The third kappa shape index (κ3) is 3.62. The van der Waals surface area contributed by atoms with Crippen LogP contribution in [-0.2, 0) is 4.74 Å². The van der Waals surface area contributed by atoms with Gasteiger partial charge >= 0.3 is 5.97 Å². The van der Waals surface area contributed by atoms with Gasteiger partial charge in [-0.1, -0.05) is 30.3 Å². The second-order valence-electron chi connectivity index (χ2n) is 6.56. The Hall–Kier alpha value is -2.69. The molecular formula is C19H20NO4-. The van der Waals surface area contributed by atoms with E-state index in [0.717, 1.165) is 0 Å². The second-order valence-corrected chi connectivity index (χ2v) is 6.56. The maximum Gasteiger partial charge on any atom is 0.341 e. The number of nitrogens with zero attached hydrogens (tertiary/aromatic N) is 1. The van der Waals surface area contributed by atoms with Crippen molar-refractivity contribution in [2.24, 2.45) is 0 Å². The molecule has 0 fully saturated rings. The molecule has 0 aliphatic heterocycles. The third-order valence-electron chi connectivity index (χ3n) is 3.43. The number of ether oxygens (including phenoxy) is 1. The second kappa shape index (κ2) is 6.43. The molecule has 126 valence electrons. The summed E-state index contributed by atoms with van der Waals surface area (Å²) in [6.07, 6.45) is 0. The number of pyridine rings is 1. The molecule has 1 heterocycles. The molecule has 0 radical (unpaired) electrons. The zero-order valence-electron chi connectivity index (χ0n) is 14.5. The molecule has 2 rings (SSSR count). The van der Waals surface area contributed by atoms with Crippen LogP contribution in [0.1, 0.15) is 52.9 Å². The van der Waals surface area contributed by atoms with E-state index in [4.69, 9.17) is 4.74 Å². The summed E-state index contributed by atoms with van der Waals surface area (Å²) < 4.78 is 5.45. The molecule has 0 unspecified atom stereocenters. The van der Waals surface area contributed by atoms with Gasteiger partial charge in [0.05, 0.1) is 17.2 Å². The first-order valence-corrected chi connectivity index (χ1v) is 7.63. The largest absolute Gasteiger partial charge is 0.545 e. The average Bonchev–Trinajstić information content (AvgIpc) is 2.44. The lowest BCUT2D eigenvalue weighted by atomic mass is 9.92. The molecule has 0 saturated heterocycles. The van der Waals surface area contributed by atoms with Gasteiger partial charge in [-0.2, -0.15) is 0 Å². The molecule has 2 aromatic rings. The van der Waals surface area contributed by atoms with Gasteiger partial charge in [0.1, 0.15) is 5.60 Å². The third-order valence-corrected chi connectivity index (χ3v) is 3.43. The molecule has 1 aromatic heterocycles. The Morgan fingerprint density at radius 3 is 2.04 bits per heavy atom. The Morgan fingerprint density at radius 1 is 1.00 bits per heavy atom. The maximum atomic E-state index is 12.7. The van der Waals surface area contributed by atoms with E-state index in [1.165, 1.54) is 0 Å². The highest BCUT2D eigenvalue weighted by atomic mass is 16.6. The predicted molar refractivity (Wildman–Crippen MR) is 88.6 cm³/mol. The van der Waals surface area contributed by atoms with Crippen molar-refractivity contribution in [3.8, 4) is 11.1 Å². The number of aromatic carboxylic acids is 1. The fraction of sp³-hybridized carbons (Fsp3) is 0.316. The van der Waals surface area contributed by atoms with Gasteiger partial charge in [-0.25, -0.2) is 4.79 Å². The van der Waals surface area contributed by atoms with Crippen molar-refractivity contribution in [2.45, 2.75) is 40.2 Å². The van der Waals surface area contributed by atoms with Crippen molar-refractivity contribution < 1.29 is 19.4 Å². The first kappa shape index (κ1) is 17.7. The minimum absolute atomic E-state index is 0.0901. The van der Waals surface area contributed by atoms with Crippen molar-refractivity contribution in [3.05, 3.63) is 52.8 Å². The Morgan fingerprint density at radius 2 is 1.54 bits per heavy atom. The fourth-order valence-electron chi connectivity index (χ4n) is 2.57. The van der Waals surface area contributed by atoms with Crippen LogP contribution in [0, 0.1) is 13.8 Å². The van der Waals surface area contributed by atoms with Crippen LogP contribution in [0.25, 0.3) is 11.1 Å². The highest BCUT2D eigenvalue weighted by Gasteiger charge is 2.27. The molecule has 0 saturated carbocycles. The number of aromatic nitrogens is 1. The summed E-state index contributed by atoms with van der Waals surface area (Å²) in [5, 5.41) is 11.7. The van der Waals surface area contributed by atoms with Crippen LogP contribution >= 0.6 is 0 Å². The van der Waals surface area contributed by atoms with Gasteiger partial charge in [0.2, 0.25) is 0 Å². The number of benzene rings is 1. The molecule has 5 heteroatoms. The molecule has 0 atom stereocenters. The molecule has 5 nitrogen and oxygen atoms in total. The summed E-state index contributed by atoms with van der Waals surface area (Å²) in [7, 11) is 0. The molecule has 0 amide bonds. The van der Waals surface area contributed by atoms with E-state index in [2.05, 4.69) is 4.98 Å². The van der Waals surface area contributed by atoms with Crippen LogP contribution in [-0.4, -0.2) is 22.5 Å². The van der Waals surface area contributed by atoms with Crippen LogP contribution in [0.4, 0.5) is 0 Å². The van der Waals surface area contributed by atoms with Gasteiger partial charge in [0.15, 0.2) is 0 Å². The number of hydrogen-bond donors (Lipinski definition) is 0. The van der Waals surface area contributed by atoms with Gasteiger partial charge in [-0.15, -0.1) is 0 Å². The van der Waals surface area contributed by atoms with Gasteiger partial charge in [0.25, 0.3) is 0 Å². The van der Waals surface area contributed by atoms with Crippen LogP contribution in [0.2, 0.25) is 0 Å². The average molecular weight is 326 g/mol. The topological polar surface area (TPSA) is 79.3 Å². The minimum atomic E-state index is -1.37. The highest BCUT2D eigenvalue weighted by Crippen LogP contribution is 2.32. The number of carboxylic acids is 1. The van der Waals surface area contributed by atoms with Crippen molar-refractivity contribution in [1.82, 2.24) is 4.98 Å². The lowest BCUT2D eigenvalue weighted by Gasteiger charge is -2.23. The van der Waals surface area contributed by atoms with E-state index in [1.54, 1.807) is 58.9 Å². The molecule has 0 aliphatic rings. The van der Waals surface area contributed by atoms with Crippen molar-refractivity contribution in [2.75, 3.05) is 0 Å². The molecule has 0 aliphatic carbocycles. The normalized spacial score (nSPS) is 11.2. The van der Waals surface area contributed by atoms with E-state index in [1.807, 2.05) is 6.07 Å². The van der Waals surface area contributed by atoms with Gasteiger partial charge in [0, 0.05) is 16.8 Å². The standard InChI is InChI=1S/C19H21NO4/c1-11-14(17(21)22)16(13-9-7-6-8-10-13)15(12(2)20-11)18(23)24-19(3,4)5/h6-10H,1-5H3,(H,21,22)/p-1. The van der Waals surface area contributed by atoms with E-state index < -0.39 is 17.5 Å². The van der Waals surface area contributed by atoms with E-state index in [0.29, 0.717) is 17.0 Å². The number of hydrogen-bond acceptors (Lipinski definition) is 5. The molecule has 0 spiro atoms. The van der Waals surface area contributed by atoms with Crippen LogP contribution in [0.3, 0.4) is 0 Å². The number of rotatable bonds is 3. The number of carboxylic acid groups (broad SMARTS) is 1. The Bertz CT molecular complexity index is 789. The Kier molecular flexibility index (Phi) is 4.73. The van der Waals surface area contributed by atoms with Crippen LogP contribution in [0.15, 0.2) is 30.3 Å². The summed E-state index contributed by atoms with van der Waals surface area (Å²) in [4.78, 5) is 28.6. The first-order valence-electron chi connectivity index (χ1n) is 7.63. The molecule has 0 bridgehead atoms. The molecule has 1 aromatic carbocycles. The summed E-state index contributed by atoms with van der Waals surface area (Å²) in [6, 6.07) is 8.86. The van der Waals surface area contributed by atoms with Crippen molar-refractivity contribution in [3.63, 3.8) is 0 Å². The Labute approximate surface area is 141 Å². The van der Waals surface area contributed by atoms with Gasteiger partial charge < -0.3 is 14.6 Å². The number of carbonyl (C=O) groups is 2. The fourth-order valence-corrected chi connectivity index (χ4v) is 2.57. The summed E-state index contributed by atoms with van der Waals surface area (Å²) in [6.45, 7) is 8.51. The monoisotopic (exact) mass is 326 g/mol. The summed E-state index contributed by atoms with van der Waals surface area (Å²) >= 11 is 0. The van der Waals surface area contributed by atoms with Crippen molar-refractivity contribution in [1.29, 1.82) is 0 Å². The quantitative estimate of drug-likeness (QED) is 0.810. The Balaban J connectivity index is 2.81. The SMILES string of the molecule is Cc1nc(C)c(C(=O)OC(C)(C)C)c(-c2ccccc2)c1C(=O)[O-]. The molecular weight excluding hydrogens is 306 g/mol. The minimum Gasteiger partial charge on any atom is -0.545 e. The number of esters is 1. The van der Waals surface area contributed by atoms with Crippen LogP contribution in [0.5, 0.6) is 0 Å².